The number of amides is 1. The summed E-state index contributed by atoms with van der Waals surface area (Å²) >= 11 is 1.77. The molecule has 5 nitrogen and oxygen atoms in total. The van der Waals surface area contributed by atoms with E-state index in [0.717, 1.165) is 18.7 Å². The first-order valence-electron chi connectivity index (χ1n) is 7.78. The van der Waals surface area contributed by atoms with Gasteiger partial charge in [-0.25, -0.2) is 4.79 Å². The van der Waals surface area contributed by atoms with Crippen molar-refractivity contribution in [2.24, 2.45) is 0 Å². The Balaban J connectivity index is 2.03. The van der Waals surface area contributed by atoms with E-state index in [1.807, 2.05) is 12.1 Å². The molecule has 2 aromatic rings. The van der Waals surface area contributed by atoms with Gasteiger partial charge in [0.15, 0.2) is 0 Å². The molecule has 0 unspecified atom stereocenters. The van der Waals surface area contributed by atoms with Gasteiger partial charge in [-0.2, -0.15) is 0 Å². The fraction of sp³-hybridized carbons (Fsp3) is 0.333. The summed E-state index contributed by atoms with van der Waals surface area (Å²) in [6.07, 6.45) is 0. The molecular weight excluding hydrogens is 324 g/mol. The van der Waals surface area contributed by atoms with E-state index in [0.29, 0.717) is 13.1 Å². The highest BCUT2D eigenvalue weighted by molar-refractivity contribution is 7.11. The molecule has 0 radical (unpaired) electrons. The predicted molar refractivity (Wildman–Crippen MR) is 95.3 cm³/mol. The topological polar surface area (TPSA) is 69.6 Å². The third-order valence-corrected chi connectivity index (χ3v) is 4.57. The number of aromatic carboxylic acids is 1. The summed E-state index contributed by atoms with van der Waals surface area (Å²) in [5, 5.41) is 11.8. The molecule has 1 heterocycles. The zero-order chi connectivity index (χ0) is 17.5. The van der Waals surface area contributed by atoms with Gasteiger partial charge in [-0.15, -0.1) is 11.3 Å². The van der Waals surface area contributed by atoms with Gasteiger partial charge < -0.3 is 10.4 Å². The van der Waals surface area contributed by atoms with Crippen molar-refractivity contribution in [3.8, 4) is 0 Å². The lowest BCUT2D eigenvalue weighted by Gasteiger charge is -2.22. The number of nitrogens with one attached hydrogen (secondary N) is 1. The number of carbonyl (C=O) groups excluding carboxylic acids is 1. The lowest BCUT2D eigenvalue weighted by Crippen LogP contribution is -2.33. The standard InChI is InChI=1S/C18H22N2O3S/c1-13-3-8-17(24-13)12-20(10-9-19-14(2)21)11-15-4-6-16(7-5-15)18(22)23/h3-8H,9-12H2,1-2H3,(H,19,21)(H,22,23). The second kappa shape index (κ2) is 8.61. The minimum absolute atomic E-state index is 0.0345. The number of aryl methyl sites for hydroxylation is 1. The van der Waals surface area contributed by atoms with Crippen molar-refractivity contribution >= 4 is 23.2 Å². The van der Waals surface area contributed by atoms with Crippen molar-refractivity contribution in [2.45, 2.75) is 26.9 Å². The zero-order valence-electron chi connectivity index (χ0n) is 13.9. The van der Waals surface area contributed by atoms with Crippen molar-refractivity contribution in [2.75, 3.05) is 13.1 Å². The second-order valence-electron chi connectivity index (χ2n) is 5.71. The number of hydrogen-bond donors (Lipinski definition) is 2. The molecule has 0 aliphatic heterocycles. The van der Waals surface area contributed by atoms with E-state index in [1.165, 1.54) is 16.7 Å². The van der Waals surface area contributed by atoms with E-state index in [-0.39, 0.29) is 11.5 Å². The molecule has 24 heavy (non-hydrogen) atoms. The van der Waals surface area contributed by atoms with Crippen LogP contribution in [0.25, 0.3) is 0 Å². The van der Waals surface area contributed by atoms with E-state index in [4.69, 9.17) is 5.11 Å². The summed E-state index contributed by atoms with van der Waals surface area (Å²) in [7, 11) is 0. The maximum absolute atomic E-state index is 11.1. The third-order valence-electron chi connectivity index (χ3n) is 3.58. The molecule has 0 aliphatic rings. The molecule has 6 heteroatoms. The average molecular weight is 346 g/mol. The van der Waals surface area contributed by atoms with Crippen LogP contribution >= 0.6 is 11.3 Å². The molecule has 0 spiro atoms. The molecule has 0 saturated carbocycles. The number of benzene rings is 1. The summed E-state index contributed by atoms with van der Waals surface area (Å²) in [4.78, 5) is 26.8. The van der Waals surface area contributed by atoms with Gasteiger partial charge in [0, 0.05) is 42.9 Å². The highest BCUT2D eigenvalue weighted by atomic mass is 32.1. The Hall–Kier alpha value is -2.18. The first-order valence-corrected chi connectivity index (χ1v) is 8.60. The maximum Gasteiger partial charge on any atom is 0.335 e. The molecular formula is C18H22N2O3S. The van der Waals surface area contributed by atoms with Gasteiger partial charge >= 0.3 is 5.97 Å². The quantitative estimate of drug-likeness (QED) is 0.771. The van der Waals surface area contributed by atoms with Crippen molar-refractivity contribution < 1.29 is 14.7 Å². The Morgan fingerprint density at radius 2 is 1.83 bits per heavy atom. The van der Waals surface area contributed by atoms with Crippen LogP contribution in [0, 0.1) is 6.92 Å². The second-order valence-corrected chi connectivity index (χ2v) is 7.08. The van der Waals surface area contributed by atoms with E-state index >= 15 is 0 Å². The average Bonchev–Trinajstić information content (AvgIpc) is 2.92. The van der Waals surface area contributed by atoms with Crippen molar-refractivity contribution in [1.82, 2.24) is 10.2 Å². The summed E-state index contributed by atoms with van der Waals surface area (Å²) in [5.41, 5.74) is 1.34. The van der Waals surface area contributed by atoms with Crippen LogP contribution in [0.3, 0.4) is 0 Å². The van der Waals surface area contributed by atoms with E-state index < -0.39 is 5.97 Å². The highest BCUT2D eigenvalue weighted by Gasteiger charge is 2.10. The number of carbonyl (C=O) groups is 2. The van der Waals surface area contributed by atoms with Gasteiger partial charge in [0.2, 0.25) is 5.91 Å². The first-order chi connectivity index (χ1) is 11.4. The number of carboxylic acid groups (broad SMARTS) is 1. The minimum atomic E-state index is -0.918. The van der Waals surface area contributed by atoms with E-state index in [2.05, 4.69) is 29.3 Å². The van der Waals surface area contributed by atoms with Crippen molar-refractivity contribution in [1.29, 1.82) is 0 Å². The molecule has 2 rings (SSSR count). The van der Waals surface area contributed by atoms with E-state index in [9.17, 15) is 9.59 Å². The highest BCUT2D eigenvalue weighted by Crippen LogP contribution is 2.18. The van der Waals surface area contributed by atoms with Gasteiger partial charge in [-0.1, -0.05) is 12.1 Å². The van der Waals surface area contributed by atoms with Gasteiger partial charge in [0.1, 0.15) is 0 Å². The van der Waals surface area contributed by atoms with Crippen LogP contribution in [0.5, 0.6) is 0 Å². The van der Waals surface area contributed by atoms with Crippen LogP contribution in [0.4, 0.5) is 0 Å². The van der Waals surface area contributed by atoms with Crippen LogP contribution in [0.2, 0.25) is 0 Å². The molecule has 1 amide bonds. The summed E-state index contributed by atoms with van der Waals surface area (Å²) in [5.74, 6) is -0.953. The van der Waals surface area contributed by atoms with Crippen LogP contribution in [-0.2, 0) is 17.9 Å². The largest absolute Gasteiger partial charge is 0.478 e. The molecule has 0 fully saturated rings. The third kappa shape index (κ3) is 5.79. The normalized spacial score (nSPS) is 10.8. The summed E-state index contributed by atoms with van der Waals surface area (Å²) < 4.78 is 0. The van der Waals surface area contributed by atoms with E-state index in [1.54, 1.807) is 23.5 Å². The first kappa shape index (κ1) is 18.2. The van der Waals surface area contributed by atoms with Gasteiger partial charge in [-0.05, 0) is 36.8 Å². The van der Waals surface area contributed by atoms with Crippen LogP contribution in [0.15, 0.2) is 36.4 Å². The molecule has 0 aliphatic carbocycles. The Labute approximate surface area is 145 Å². The number of nitrogens with zero attached hydrogens (tertiary/aromatic N) is 1. The molecule has 128 valence electrons. The Morgan fingerprint density at radius 3 is 2.38 bits per heavy atom. The summed E-state index contributed by atoms with van der Waals surface area (Å²) in [6, 6.07) is 11.2. The van der Waals surface area contributed by atoms with Crippen LogP contribution in [0.1, 0.15) is 32.6 Å². The van der Waals surface area contributed by atoms with Crippen molar-refractivity contribution in [3.05, 3.63) is 57.3 Å². The minimum Gasteiger partial charge on any atom is -0.478 e. The fourth-order valence-corrected chi connectivity index (χ4v) is 3.34. The Kier molecular flexibility index (Phi) is 6.52. The molecule has 0 atom stereocenters. The predicted octanol–water partition coefficient (Wildman–Crippen LogP) is 2.89. The molecule has 1 aromatic heterocycles. The number of rotatable bonds is 8. The maximum atomic E-state index is 11.1. The number of carboxylic acids is 1. The monoisotopic (exact) mass is 346 g/mol. The van der Waals surface area contributed by atoms with Crippen LogP contribution < -0.4 is 5.32 Å². The lowest BCUT2D eigenvalue weighted by molar-refractivity contribution is -0.119. The molecule has 1 aromatic carbocycles. The lowest BCUT2D eigenvalue weighted by atomic mass is 10.1. The van der Waals surface area contributed by atoms with Crippen LogP contribution in [-0.4, -0.2) is 35.0 Å². The Bertz CT molecular complexity index is 695. The molecule has 2 N–H and O–H groups in total. The molecule has 0 bridgehead atoms. The smallest absolute Gasteiger partial charge is 0.335 e. The van der Waals surface area contributed by atoms with Gasteiger partial charge in [0.25, 0.3) is 0 Å². The zero-order valence-corrected chi connectivity index (χ0v) is 14.7. The number of hydrogen-bond acceptors (Lipinski definition) is 4. The van der Waals surface area contributed by atoms with Crippen molar-refractivity contribution in [3.63, 3.8) is 0 Å². The van der Waals surface area contributed by atoms with Gasteiger partial charge in [0.05, 0.1) is 5.56 Å². The summed E-state index contributed by atoms with van der Waals surface area (Å²) in [6.45, 7) is 6.43. The Morgan fingerprint density at radius 1 is 1.12 bits per heavy atom. The number of thiophene rings is 1. The van der Waals surface area contributed by atoms with Gasteiger partial charge in [-0.3, -0.25) is 9.69 Å². The molecule has 0 saturated heterocycles. The fourth-order valence-electron chi connectivity index (χ4n) is 2.41. The SMILES string of the molecule is CC(=O)NCCN(Cc1ccc(C(=O)O)cc1)Cc1ccc(C)s1.